The Hall–Kier alpha value is -1.86. The van der Waals surface area contributed by atoms with Gasteiger partial charge in [-0.05, 0) is 38.0 Å². The van der Waals surface area contributed by atoms with Crippen LogP contribution in [0.3, 0.4) is 0 Å². The molecule has 1 fully saturated rings. The third kappa shape index (κ3) is 3.79. The third-order valence-corrected chi connectivity index (χ3v) is 6.20. The Kier molecular flexibility index (Phi) is 6.01. The maximum absolute atomic E-state index is 13.1. The van der Waals surface area contributed by atoms with Gasteiger partial charge in [-0.2, -0.15) is 4.31 Å². The van der Waals surface area contributed by atoms with Crippen molar-refractivity contribution >= 4 is 15.9 Å². The Labute approximate surface area is 143 Å². The zero-order valence-electron chi connectivity index (χ0n) is 14.1. The first kappa shape index (κ1) is 18.5. The first-order valence-corrected chi connectivity index (χ1v) is 9.44. The summed E-state index contributed by atoms with van der Waals surface area (Å²) in [6, 6.07) is 4.39. The molecule has 1 atom stereocenters. The highest BCUT2D eigenvalue weighted by molar-refractivity contribution is 7.89. The molecule has 132 valence electrons. The minimum atomic E-state index is -3.72. The van der Waals surface area contributed by atoms with Crippen molar-refractivity contribution in [2.24, 2.45) is 0 Å². The SMILES string of the molecule is C=CCNC(=O)c1ccc(OC)c(S(=O)(=O)N2CCCCC2C)c1. The van der Waals surface area contributed by atoms with Gasteiger partial charge in [0.2, 0.25) is 10.0 Å². The van der Waals surface area contributed by atoms with E-state index in [4.69, 9.17) is 4.74 Å². The number of hydrogen-bond donors (Lipinski definition) is 1. The molecule has 1 aromatic rings. The van der Waals surface area contributed by atoms with E-state index >= 15 is 0 Å². The lowest BCUT2D eigenvalue weighted by Crippen LogP contribution is -2.42. The molecule has 0 spiro atoms. The Balaban J connectivity index is 2.42. The number of carbonyl (C=O) groups is 1. The van der Waals surface area contributed by atoms with Crippen LogP contribution in [0.25, 0.3) is 0 Å². The normalized spacial score (nSPS) is 18.8. The predicted octanol–water partition coefficient (Wildman–Crippen LogP) is 2.17. The average Bonchev–Trinajstić information content (AvgIpc) is 2.59. The van der Waals surface area contributed by atoms with Crippen LogP contribution in [-0.2, 0) is 10.0 Å². The van der Waals surface area contributed by atoms with Crippen molar-refractivity contribution in [2.45, 2.75) is 37.1 Å². The number of ether oxygens (including phenoxy) is 1. The molecule has 1 aromatic carbocycles. The third-order valence-electron chi connectivity index (χ3n) is 4.16. The van der Waals surface area contributed by atoms with Crippen LogP contribution in [-0.4, -0.2) is 44.9 Å². The van der Waals surface area contributed by atoms with Gasteiger partial charge in [-0.15, -0.1) is 6.58 Å². The molecule has 1 saturated heterocycles. The molecule has 6 nitrogen and oxygen atoms in total. The van der Waals surface area contributed by atoms with E-state index in [1.165, 1.54) is 23.5 Å². The molecule has 1 aliphatic heterocycles. The highest BCUT2D eigenvalue weighted by Crippen LogP contribution is 2.31. The van der Waals surface area contributed by atoms with Gasteiger partial charge in [0.1, 0.15) is 10.6 Å². The predicted molar refractivity (Wildman–Crippen MR) is 92.7 cm³/mol. The molecule has 24 heavy (non-hydrogen) atoms. The van der Waals surface area contributed by atoms with Gasteiger partial charge in [-0.3, -0.25) is 4.79 Å². The number of hydrogen-bond acceptors (Lipinski definition) is 4. The number of benzene rings is 1. The quantitative estimate of drug-likeness (QED) is 0.796. The second-order valence-corrected chi connectivity index (χ2v) is 7.68. The lowest BCUT2D eigenvalue weighted by molar-refractivity contribution is 0.0957. The Morgan fingerprint density at radius 3 is 2.83 bits per heavy atom. The van der Waals surface area contributed by atoms with E-state index in [2.05, 4.69) is 11.9 Å². The summed E-state index contributed by atoms with van der Waals surface area (Å²) in [7, 11) is -2.30. The summed E-state index contributed by atoms with van der Waals surface area (Å²) in [6.07, 6.45) is 4.26. The van der Waals surface area contributed by atoms with Crippen LogP contribution >= 0.6 is 0 Å². The highest BCUT2D eigenvalue weighted by atomic mass is 32.2. The van der Waals surface area contributed by atoms with Crippen LogP contribution in [0.2, 0.25) is 0 Å². The fourth-order valence-electron chi connectivity index (χ4n) is 2.84. The minimum absolute atomic E-state index is 0.0324. The molecule has 1 aliphatic rings. The molecule has 0 bridgehead atoms. The average molecular weight is 352 g/mol. The molecule has 1 amide bonds. The van der Waals surface area contributed by atoms with Gasteiger partial charge in [0.15, 0.2) is 0 Å². The summed E-state index contributed by atoms with van der Waals surface area (Å²) in [6.45, 7) is 6.25. The molecular formula is C17H24N2O4S. The molecule has 1 heterocycles. The monoisotopic (exact) mass is 352 g/mol. The number of carbonyl (C=O) groups excluding carboxylic acids is 1. The summed E-state index contributed by atoms with van der Waals surface area (Å²) in [5, 5.41) is 2.65. The van der Waals surface area contributed by atoms with Gasteiger partial charge in [0.25, 0.3) is 5.91 Å². The van der Waals surface area contributed by atoms with E-state index in [1.807, 2.05) is 6.92 Å². The number of sulfonamides is 1. The zero-order valence-corrected chi connectivity index (χ0v) is 14.9. The zero-order chi connectivity index (χ0) is 17.7. The Bertz CT molecular complexity index is 715. The first-order chi connectivity index (χ1) is 11.4. The number of rotatable bonds is 6. The van der Waals surface area contributed by atoms with E-state index < -0.39 is 10.0 Å². The largest absolute Gasteiger partial charge is 0.495 e. The maximum Gasteiger partial charge on any atom is 0.251 e. The number of nitrogens with one attached hydrogen (secondary N) is 1. The number of methoxy groups -OCH3 is 1. The van der Waals surface area contributed by atoms with Crippen molar-refractivity contribution in [2.75, 3.05) is 20.2 Å². The lowest BCUT2D eigenvalue weighted by atomic mass is 10.1. The van der Waals surface area contributed by atoms with Gasteiger partial charge in [0, 0.05) is 24.7 Å². The van der Waals surface area contributed by atoms with Gasteiger partial charge in [-0.25, -0.2) is 8.42 Å². The Morgan fingerprint density at radius 2 is 2.21 bits per heavy atom. The van der Waals surface area contributed by atoms with Crippen molar-refractivity contribution in [1.29, 1.82) is 0 Å². The second-order valence-electron chi connectivity index (χ2n) is 5.82. The van der Waals surface area contributed by atoms with Crippen molar-refractivity contribution in [3.05, 3.63) is 36.4 Å². The second kappa shape index (κ2) is 7.81. The highest BCUT2D eigenvalue weighted by Gasteiger charge is 2.33. The summed E-state index contributed by atoms with van der Waals surface area (Å²) in [5.41, 5.74) is 0.279. The molecule has 7 heteroatoms. The van der Waals surface area contributed by atoms with Crippen molar-refractivity contribution in [3.8, 4) is 5.75 Å². The lowest BCUT2D eigenvalue weighted by Gasteiger charge is -2.32. The maximum atomic E-state index is 13.1. The van der Waals surface area contributed by atoms with E-state index in [1.54, 1.807) is 12.1 Å². The molecule has 1 unspecified atom stereocenters. The van der Waals surface area contributed by atoms with Crippen LogP contribution < -0.4 is 10.1 Å². The molecule has 0 aromatic heterocycles. The van der Waals surface area contributed by atoms with Crippen molar-refractivity contribution in [1.82, 2.24) is 9.62 Å². The number of piperidine rings is 1. The summed E-state index contributed by atoms with van der Waals surface area (Å²) >= 11 is 0. The summed E-state index contributed by atoms with van der Waals surface area (Å²) in [4.78, 5) is 12.1. The van der Waals surface area contributed by atoms with Crippen LogP contribution in [0.4, 0.5) is 0 Å². The molecule has 0 radical (unpaired) electrons. The van der Waals surface area contributed by atoms with Gasteiger partial charge in [-0.1, -0.05) is 12.5 Å². The van der Waals surface area contributed by atoms with Crippen molar-refractivity contribution < 1.29 is 17.9 Å². The van der Waals surface area contributed by atoms with Crippen LogP contribution in [0.15, 0.2) is 35.7 Å². The van der Waals surface area contributed by atoms with Crippen LogP contribution in [0.1, 0.15) is 36.5 Å². The number of nitrogens with zero attached hydrogens (tertiary/aromatic N) is 1. The first-order valence-electron chi connectivity index (χ1n) is 8.00. The standard InChI is InChI=1S/C17H24N2O4S/c1-4-10-18-17(20)14-8-9-15(23-3)16(12-14)24(21,22)19-11-6-5-7-13(19)2/h4,8-9,12-13H,1,5-7,10-11H2,2-3H3,(H,18,20). The number of amides is 1. The molecule has 0 saturated carbocycles. The molecular weight excluding hydrogens is 328 g/mol. The smallest absolute Gasteiger partial charge is 0.251 e. The topological polar surface area (TPSA) is 75.7 Å². The fourth-order valence-corrected chi connectivity index (χ4v) is 4.72. The van der Waals surface area contributed by atoms with Crippen molar-refractivity contribution in [3.63, 3.8) is 0 Å². The van der Waals surface area contributed by atoms with E-state index in [-0.39, 0.29) is 28.2 Å². The minimum Gasteiger partial charge on any atom is -0.495 e. The Morgan fingerprint density at radius 1 is 1.46 bits per heavy atom. The van der Waals surface area contributed by atoms with E-state index in [0.717, 1.165) is 19.3 Å². The van der Waals surface area contributed by atoms with Gasteiger partial charge >= 0.3 is 0 Å². The van der Waals surface area contributed by atoms with E-state index in [9.17, 15) is 13.2 Å². The summed E-state index contributed by atoms with van der Waals surface area (Å²) in [5.74, 6) is -0.103. The summed E-state index contributed by atoms with van der Waals surface area (Å²) < 4.78 is 32.8. The fraction of sp³-hybridized carbons (Fsp3) is 0.471. The molecule has 1 N–H and O–H groups in total. The van der Waals surface area contributed by atoms with Crippen LogP contribution in [0, 0.1) is 0 Å². The van der Waals surface area contributed by atoms with E-state index in [0.29, 0.717) is 13.1 Å². The van der Waals surface area contributed by atoms with Crippen LogP contribution in [0.5, 0.6) is 5.75 Å². The molecule has 0 aliphatic carbocycles. The molecule has 2 rings (SSSR count). The van der Waals surface area contributed by atoms with Gasteiger partial charge < -0.3 is 10.1 Å². The van der Waals surface area contributed by atoms with Gasteiger partial charge in [0.05, 0.1) is 7.11 Å².